The Morgan fingerprint density at radius 2 is 2.50 bits per heavy atom. The molecule has 1 saturated carbocycles. The Hall–Kier alpha value is -0.830. The Bertz CT molecular complexity index is 250. The number of rotatable bonds is 4. The first-order valence-electron chi connectivity index (χ1n) is 4.64. The van der Waals surface area contributed by atoms with Crippen molar-refractivity contribution in [3.63, 3.8) is 0 Å². The molecule has 66 valence electrons. The largest absolute Gasteiger partial charge is 0.310 e. The summed E-state index contributed by atoms with van der Waals surface area (Å²) in [6.07, 6.45) is 5.66. The van der Waals surface area contributed by atoms with Gasteiger partial charge in [0.25, 0.3) is 0 Å². The Balaban J connectivity index is 1.91. The van der Waals surface area contributed by atoms with Crippen LogP contribution in [0.4, 0.5) is 0 Å². The highest BCUT2D eigenvalue weighted by Gasteiger charge is 2.20. The van der Waals surface area contributed by atoms with Gasteiger partial charge in [0.1, 0.15) is 0 Å². The lowest BCUT2D eigenvalue weighted by Gasteiger charge is -2.01. The number of aromatic amines is 1. The van der Waals surface area contributed by atoms with E-state index in [-0.39, 0.29) is 0 Å². The molecule has 0 aliphatic heterocycles. The third kappa shape index (κ3) is 1.67. The molecule has 0 amide bonds. The Morgan fingerprint density at radius 1 is 1.67 bits per heavy atom. The molecule has 0 saturated heterocycles. The van der Waals surface area contributed by atoms with Gasteiger partial charge in [0, 0.05) is 23.8 Å². The summed E-state index contributed by atoms with van der Waals surface area (Å²) in [5.41, 5.74) is 2.59. The number of hydrogen-bond acceptors (Lipinski definition) is 2. The van der Waals surface area contributed by atoms with Crippen LogP contribution in [0.1, 0.15) is 31.0 Å². The Labute approximate surface area is 72.6 Å². The summed E-state index contributed by atoms with van der Waals surface area (Å²) in [7, 11) is 0. The van der Waals surface area contributed by atoms with Crippen molar-refractivity contribution >= 4 is 0 Å². The average molecular weight is 165 g/mol. The fourth-order valence-corrected chi connectivity index (χ4v) is 1.34. The number of aryl methyl sites for hydroxylation is 1. The molecule has 2 N–H and O–H groups in total. The lowest BCUT2D eigenvalue weighted by Crippen LogP contribution is -2.15. The normalized spacial score (nSPS) is 16.8. The highest BCUT2D eigenvalue weighted by atomic mass is 15.1. The Kier molecular flexibility index (Phi) is 2.13. The van der Waals surface area contributed by atoms with Crippen LogP contribution in [0, 0.1) is 0 Å². The molecular formula is C9H15N3. The molecule has 1 fully saturated rings. The number of nitrogens with one attached hydrogen (secondary N) is 2. The van der Waals surface area contributed by atoms with Crippen LogP contribution in [0.25, 0.3) is 0 Å². The predicted molar refractivity (Wildman–Crippen MR) is 47.8 cm³/mol. The zero-order valence-corrected chi connectivity index (χ0v) is 7.43. The zero-order chi connectivity index (χ0) is 8.39. The van der Waals surface area contributed by atoms with Crippen molar-refractivity contribution in [2.45, 2.75) is 38.8 Å². The molecule has 0 atom stereocenters. The quantitative estimate of drug-likeness (QED) is 0.704. The van der Waals surface area contributed by atoms with E-state index in [4.69, 9.17) is 0 Å². The number of H-pyrrole nitrogens is 1. The molecule has 3 nitrogen and oxygen atoms in total. The van der Waals surface area contributed by atoms with Gasteiger partial charge in [-0.2, -0.15) is 5.10 Å². The van der Waals surface area contributed by atoms with Crippen LogP contribution < -0.4 is 5.32 Å². The van der Waals surface area contributed by atoms with Gasteiger partial charge in [-0.15, -0.1) is 0 Å². The molecule has 3 heteroatoms. The molecule has 1 aliphatic carbocycles. The van der Waals surface area contributed by atoms with Crippen molar-refractivity contribution in [2.75, 3.05) is 0 Å². The summed E-state index contributed by atoms with van der Waals surface area (Å²) >= 11 is 0. The van der Waals surface area contributed by atoms with E-state index in [0.717, 1.165) is 19.0 Å². The molecule has 12 heavy (non-hydrogen) atoms. The molecule has 0 radical (unpaired) electrons. The van der Waals surface area contributed by atoms with E-state index >= 15 is 0 Å². The van der Waals surface area contributed by atoms with Gasteiger partial charge in [0.2, 0.25) is 0 Å². The molecule has 0 aromatic carbocycles. The van der Waals surface area contributed by atoms with Crippen LogP contribution in [0.5, 0.6) is 0 Å². The summed E-state index contributed by atoms with van der Waals surface area (Å²) in [6.45, 7) is 3.12. The number of nitrogens with zero attached hydrogens (tertiary/aromatic N) is 1. The minimum Gasteiger partial charge on any atom is -0.310 e. The van der Waals surface area contributed by atoms with E-state index in [1.807, 2.05) is 6.20 Å². The molecule has 2 rings (SSSR count). The van der Waals surface area contributed by atoms with Crippen molar-refractivity contribution < 1.29 is 0 Å². The fraction of sp³-hybridized carbons (Fsp3) is 0.667. The maximum atomic E-state index is 4.03. The molecule has 0 unspecified atom stereocenters. The van der Waals surface area contributed by atoms with E-state index in [1.54, 1.807) is 0 Å². The fourth-order valence-electron chi connectivity index (χ4n) is 1.34. The number of aromatic nitrogens is 2. The average Bonchev–Trinajstić information content (AvgIpc) is 2.81. The lowest BCUT2D eigenvalue weighted by molar-refractivity contribution is 0.683. The van der Waals surface area contributed by atoms with Crippen LogP contribution in [-0.4, -0.2) is 16.2 Å². The lowest BCUT2D eigenvalue weighted by atomic mass is 10.2. The highest BCUT2D eigenvalue weighted by Crippen LogP contribution is 2.19. The SMILES string of the molecule is CCc1[nH]ncc1CNC1CC1. The summed E-state index contributed by atoms with van der Waals surface area (Å²) in [4.78, 5) is 0. The standard InChI is InChI=1S/C9H15N3/c1-2-9-7(6-11-12-9)5-10-8-3-4-8/h6,8,10H,2-5H2,1H3,(H,11,12). The molecule has 1 heterocycles. The van der Waals surface area contributed by atoms with Gasteiger partial charge in [-0.05, 0) is 19.3 Å². The van der Waals surface area contributed by atoms with Gasteiger partial charge in [-0.1, -0.05) is 6.92 Å². The van der Waals surface area contributed by atoms with Crippen molar-refractivity contribution in [1.82, 2.24) is 15.5 Å². The first-order chi connectivity index (χ1) is 5.90. The van der Waals surface area contributed by atoms with Gasteiger partial charge in [0.05, 0.1) is 6.20 Å². The van der Waals surface area contributed by atoms with Crippen molar-refractivity contribution in [3.8, 4) is 0 Å². The molecular weight excluding hydrogens is 150 g/mol. The van der Waals surface area contributed by atoms with E-state index in [9.17, 15) is 0 Å². The summed E-state index contributed by atoms with van der Waals surface area (Å²) < 4.78 is 0. The van der Waals surface area contributed by atoms with E-state index < -0.39 is 0 Å². The van der Waals surface area contributed by atoms with Crippen LogP contribution in [0.3, 0.4) is 0 Å². The first-order valence-corrected chi connectivity index (χ1v) is 4.64. The minimum atomic E-state index is 0.782. The maximum Gasteiger partial charge on any atom is 0.0535 e. The van der Waals surface area contributed by atoms with Gasteiger partial charge in [-0.25, -0.2) is 0 Å². The molecule has 0 spiro atoms. The second-order valence-electron chi connectivity index (χ2n) is 3.38. The van der Waals surface area contributed by atoms with Crippen LogP contribution in [-0.2, 0) is 13.0 Å². The predicted octanol–water partition coefficient (Wildman–Crippen LogP) is 1.22. The molecule has 1 aromatic heterocycles. The highest BCUT2D eigenvalue weighted by molar-refractivity contribution is 5.16. The second-order valence-corrected chi connectivity index (χ2v) is 3.38. The molecule has 1 aliphatic rings. The third-order valence-corrected chi connectivity index (χ3v) is 2.32. The van der Waals surface area contributed by atoms with Gasteiger partial charge >= 0.3 is 0 Å². The van der Waals surface area contributed by atoms with Gasteiger partial charge in [-0.3, -0.25) is 5.10 Å². The summed E-state index contributed by atoms with van der Waals surface area (Å²) in [6, 6.07) is 0.782. The van der Waals surface area contributed by atoms with Crippen molar-refractivity contribution in [3.05, 3.63) is 17.5 Å². The molecule has 1 aromatic rings. The monoisotopic (exact) mass is 165 g/mol. The van der Waals surface area contributed by atoms with E-state index in [2.05, 4.69) is 22.4 Å². The van der Waals surface area contributed by atoms with Crippen molar-refractivity contribution in [2.24, 2.45) is 0 Å². The smallest absolute Gasteiger partial charge is 0.0535 e. The zero-order valence-electron chi connectivity index (χ0n) is 7.43. The van der Waals surface area contributed by atoms with Crippen LogP contribution in [0.15, 0.2) is 6.20 Å². The Morgan fingerprint density at radius 3 is 3.17 bits per heavy atom. The summed E-state index contributed by atoms with van der Waals surface area (Å²) in [5, 5.41) is 10.5. The maximum absolute atomic E-state index is 4.03. The van der Waals surface area contributed by atoms with Crippen molar-refractivity contribution in [1.29, 1.82) is 0 Å². The van der Waals surface area contributed by atoms with Gasteiger partial charge in [0.15, 0.2) is 0 Å². The molecule has 0 bridgehead atoms. The summed E-state index contributed by atoms with van der Waals surface area (Å²) in [5.74, 6) is 0. The van der Waals surface area contributed by atoms with Crippen LogP contribution >= 0.6 is 0 Å². The van der Waals surface area contributed by atoms with Crippen LogP contribution in [0.2, 0.25) is 0 Å². The third-order valence-electron chi connectivity index (χ3n) is 2.32. The van der Waals surface area contributed by atoms with Gasteiger partial charge < -0.3 is 5.32 Å². The second kappa shape index (κ2) is 3.27. The van der Waals surface area contributed by atoms with E-state index in [0.29, 0.717) is 0 Å². The number of hydrogen-bond donors (Lipinski definition) is 2. The first kappa shape index (κ1) is 7.80. The minimum absolute atomic E-state index is 0.782. The topological polar surface area (TPSA) is 40.7 Å². The van der Waals surface area contributed by atoms with E-state index in [1.165, 1.54) is 24.1 Å².